The number of pyridine rings is 1. The molecule has 0 saturated carbocycles. The molecular formula is C17H19NOS. The summed E-state index contributed by atoms with van der Waals surface area (Å²) in [7, 11) is 0. The molecule has 1 unspecified atom stereocenters. The predicted octanol–water partition coefficient (Wildman–Crippen LogP) is 4.14. The van der Waals surface area contributed by atoms with Gasteiger partial charge in [0, 0.05) is 12.4 Å². The van der Waals surface area contributed by atoms with E-state index in [2.05, 4.69) is 31.0 Å². The molecule has 1 atom stereocenters. The Morgan fingerprint density at radius 2 is 1.70 bits per heavy atom. The van der Waals surface area contributed by atoms with Crippen molar-refractivity contribution in [3.8, 4) is 0 Å². The molecule has 0 bridgehead atoms. The Bertz CT molecular complexity index is 514. The molecule has 104 valence electrons. The summed E-state index contributed by atoms with van der Waals surface area (Å²) in [5, 5.41) is 0.608. The lowest BCUT2D eigenvalue weighted by atomic mass is 9.77. The second kappa shape index (κ2) is 6.62. The molecule has 0 fully saturated rings. The van der Waals surface area contributed by atoms with Crippen molar-refractivity contribution in [2.24, 2.45) is 0 Å². The molecule has 20 heavy (non-hydrogen) atoms. The van der Waals surface area contributed by atoms with E-state index in [1.54, 1.807) is 12.4 Å². The molecule has 0 saturated heterocycles. The lowest BCUT2D eigenvalue weighted by Crippen LogP contribution is -2.34. The molecular weight excluding hydrogens is 266 g/mol. The van der Waals surface area contributed by atoms with Gasteiger partial charge in [-0.1, -0.05) is 37.3 Å². The van der Waals surface area contributed by atoms with E-state index < -0.39 is 5.41 Å². The highest BCUT2D eigenvalue weighted by Crippen LogP contribution is 2.33. The highest BCUT2D eigenvalue weighted by Gasteiger charge is 2.35. The van der Waals surface area contributed by atoms with E-state index >= 15 is 0 Å². The summed E-state index contributed by atoms with van der Waals surface area (Å²) in [6, 6.07) is 14.2. The molecule has 2 rings (SSSR count). The lowest BCUT2D eigenvalue weighted by molar-refractivity contribution is 0.291. The van der Waals surface area contributed by atoms with Gasteiger partial charge in [-0.15, -0.1) is 0 Å². The normalized spacial score (nSPS) is 13.5. The fourth-order valence-corrected chi connectivity index (χ4v) is 2.52. The molecule has 0 aliphatic heterocycles. The van der Waals surface area contributed by atoms with Crippen LogP contribution in [0.2, 0.25) is 0 Å². The monoisotopic (exact) mass is 285 g/mol. The number of hydrogen-bond donors (Lipinski definition) is 0. The molecule has 1 aromatic heterocycles. The minimum Gasteiger partial charge on any atom is -0.486 e. The molecule has 1 heterocycles. The van der Waals surface area contributed by atoms with Crippen LogP contribution in [0.3, 0.4) is 0 Å². The van der Waals surface area contributed by atoms with Gasteiger partial charge in [0.15, 0.2) is 5.05 Å². The summed E-state index contributed by atoms with van der Waals surface area (Å²) >= 11 is 5.58. The summed E-state index contributed by atoms with van der Waals surface area (Å²) in [6.07, 6.45) is 4.53. The van der Waals surface area contributed by atoms with Crippen LogP contribution in [0, 0.1) is 0 Å². The largest absolute Gasteiger partial charge is 0.486 e. The van der Waals surface area contributed by atoms with E-state index in [0.717, 1.165) is 17.5 Å². The number of ether oxygens (including phenoxy) is 1. The third-order valence-corrected chi connectivity index (χ3v) is 3.98. The SMILES string of the molecule is CCCOC(=S)C(C)(c1ccccc1)c1ccncc1. The van der Waals surface area contributed by atoms with Crippen molar-refractivity contribution in [3.63, 3.8) is 0 Å². The first-order chi connectivity index (χ1) is 9.69. The Kier molecular flexibility index (Phi) is 4.85. The highest BCUT2D eigenvalue weighted by atomic mass is 32.1. The lowest BCUT2D eigenvalue weighted by Gasteiger charge is -2.31. The summed E-state index contributed by atoms with van der Waals surface area (Å²) in [4.78, 5) is 4.09. The van der Waals surface area contributed by atoms with E-state index in [4.69, 9.17) is 17.0 Å². The van der Waals surface area contributed by atoms with E-state index in [9.17, 15) is 0 Å². The molecule has 0 spiro atoms. The fourth-order valence-electron chi connectivity index (χ4n) is 2.20. The zero-order valence-electron chi connectivity index (χ0n) is 11.9. The van der Waals surface area contributed by atoms with Gasteiger partial charge in [0.1, 0.15) is 0 Å². The van der Waals surface area contributed by atoms with Gasteiger partial charge in [-0.05, 0) is 48.8 Å². The maximum Gasteiger partial charge on any atom is 0.174 e. The third-order valence-electron chi connectivity index (χ3n) is 3.45. The summed E-state index contributed by atoms with van der Waals surface area (Å²) < 4.78 is 5.78. The van der Waals surface area contributed by atoms with Crippen LogP contribution in [0.15, 0.2) is 54.9 Å². The second-order valence-electron chi connectivity index (χ2n) is 4.86. The number of thiocarbonyl (C=S) groups is 1. The van der Waals surface area contributed by atoms with Gasteiger partial charge in [-0.25, -0.2) is 0 Å². The van der Waals surface area contributed by atoms with Crippen LogP contribution in [-0.4, -0.2) is 16.6 Å². The van der Waals surface area contributed by atoms with Crippen molar-refractivity contribution in [2.45, 2.75) is 25.7 Å². The van der Waals surface area contributed by atoms with Gasteiger partial charge in [-0.3, -0.25) is 4.98 Å². The second-order valence-corrected chi connectivity index (χ2v) is 5.23. The smallest absolute Gasteiger partial charge is 0.174 e. The first-order valence-electron chi connectivity index (χ1n) is 6.83. The molecule has 0 aliphatic rings. The van der Waals surface area contributed by atoms with Gasteiger partial charge in [-0.2, -0.15) is 0 Å². The molecule has 3 heteroatoms. The Labute approximate surface area is 125 Å². The van der Waals surface area contributed by atoms with Crippen LogP contribution in [0.4, 0.5) is 0 Å². The van der Waals surface area contributed by atoms with E-state index in [-0.39, 0.29) is 0 Å². The summed E-state index contributed by atoms with van der Waals surface area (Å²) in [5.41, 5.74) is 1.79. The van der Waals surface area contributed by atoms with Gasteiger partial charge in [0.05, 0.1) is 12.0 Å². The Hall–Kier alpha value is -1.74. The van der Waals surface area contributed by atoms with Crippen molar-refractivity contribution in [2.75, 3.05) is 6.61 Å². The molecule has 0 aliphatic carbocycles. The van der Waals surface area contributed by atoms with Gasteiger partial charge < -0.3 is 4.74 Å². The van der Waals surface area contributed by atoms with Crippen LogP contribution >= 0.6 is 12.2 Å². The van der Waals surface area contributed by atoms with Crippen molar-refractivity contribution in [3.05, 3.63) is 66.0 Å². The minimum atomic E-state index is -0.436. The zero-order valence-corrected chi connectivity index (χ0v) is 12.7. The van der Waals surface area contributed by atoms with E-state index in [1.807, 2.05) is 30.3 Å². The van der Waals surface area contributed by atoms with E-state index in [0.29, 0.717) is 11.7 Å². The third kappa shape index (κ3) is 2.88. The average Bonchev–Trinajstić information content (AvgIpc) is 2.53. The zero-order chi connectivity index (χ0) is 14.4. The Morgan fingerprint density at radius 3 is 2.30 bits per heavy atom. The Balaban J connectivity index is 2.46. The average molecular weight is 285 g/mol. The van der Waals surface area contributed by atoms with Gasteiger partial charge in [0.25, 0.3) is 0 Å². The van der Waals surface area contributed by atoms with Crippen molar-refractivity contribution in [1.29, 1.82) is 0 Å². The number of nitrogens with zero attached hydrogens (tertiary/aromatic N) is 1. The molecule has 0 amide bonds. The Morgan fingerprint density at radius 1 is 1.10 bits per heavy atom. The van der Waals surface area contributed by atoms with Crippen LogP contribution in [0.5, 0.6) is 0 Å². The van der Waals surface area contributed by atoms with Crippen molar-refractivity contribution in [1.82, 2.24) is 4.98 Å². The van der Waals surface area contributed by atoms with Crippen molar-refractivity contribution < 1.29 is 4.74 Å². The molecule has 2 nitrogen and oxygen atoms in total. The van der Waals surface area contributed by atoms with Crippen LogP contribution in [0.25, 0.3) is 0 Å². The summed E-state index contributed by atoms with van der Waals surface area (Å²) in [5.74, 6) is 0. The minimum absolute atomic E-state index is 0.436. The maximum absolute atomic E-state index is 5.78. The molecule has 1 aromatic carbocycles. The predicted molar refractivity (Wildman–Crippen MR) is 86.0 cm³/mol. The standard InChI is InChI=1S/C17H19NOS/c1-3-13-19-16(20)17(2,14-7-5-4-6-8-14)15-9-11-18-12-10-15/h4-12H,3,13H2,1-2H3. The first kappa shape index (κ1) is 14.7. The first-order valence-corrected chi connectivity index (χ1v) is 7.23. The van der Waals surface area contributed by atoms with E-state index in [1.165, 1.54) is 0 Å². The molecule has 0 N–H and O–H groups in total. The van der Waals surface area contributed by atoms with Gasteiger partial charge in [0.2, 0.25) is 0 Å². The quantitative estimate of drug-likeness (QED) is 0.771. The summed E-state index contributed by atoms with van der Waals surface area (Å²) in [6.45, 7) is 4.83. The maximum atomic E-state index is 5.78. The number of benzene rings is 1. The van der Waals surface area contributed by atoms with Crippen LogP contribution in [-0.2, 0) is 10.2 Å². The topological polar surface area (TPSA) is 22.1 Å². The van der Waals surface area contributed by atoms with Crippen LogP contribution in [0.1, 0.15) is 31.4 Å². The number of hydrogen-bond acceptors (Lipinski definition) is 3. The number of rotatable bonds is 5. The van der Waals surface area contributed by atoms with Crippen molar-refractivity contribution >= 4 is 17.3 Å². The highest BCUT2D eigenvalue weighted by molar-refractivity contribution is 7.80. The fraction of sp³-hybridized carbons (Fsp3) is 0.294. The molecule has 2 aromatic rings. The van der Waals surface area contributed by atoms with Crippen LogP contribution < -0.4 is 0 Å². The number of aromatic nitrogens is 1. The molecule has 0 radical (unpaired) electrons. The van der Waals surface area contributed by atoms with Gasteiger partial charge >= 0.3 is 0 Å².